The third-order valence-corrected chi connectivity index (χ3v) is 5.30. The van der Waals surface area contributed by atoms with Crippen molar-refractivity contribution in [3.8, 4) is 33.9 Å². The number of nitrogens with two attached hydrogens (primary N) is 2. The van der Waals surface area contributed by atoms with E-state index in [9.17, 15) is 4.79 Å². The van der Waals surface area contributed by atoms with E-state index in [1.54, 1.807) is 24.4 Å². The van der Waals surface area contributed by atoms with Gasteiger partial charge in [-0.25, -0.2) is 5.84 Å². The van der Waals surface area contributed by atoms with Crippen LogP contribution in [0.15, 0.2) is 85.1 Å². The Morgan fingerprint density at radius 2 is 1.67 bits per heavy atom. The number of nitrogens with one attached hydrogen (secondary N) is 2. The van der Waals surface area contributed by atoms with Gasteiger partial charge in [0, 0.05) is 22.9 Å². The van der Waals surface area contributed by atoms with Crippen LogP contribution in [0.4, 0.5) is 5.82 Å². The summed E-state index contributed by atoms with van der Waals surface area (Å²) in [5.41, 5.74) is 12.6. The van der Waals surface area contributed by atoms with Crippen LogP contribution in [0.5, 0.6) is 11.5 Å². The van der Waals surface area contributed by atoms with Gasteiger partial charge in [-0.3, -0.25) is 20.3 Å². The molecule has 0 spiro atoms. The number of H-pyrrole nitrogens is 1. The predicted octanol–water partition coefficient (Wildman–Crippen LogP) is 4.27. The minimum atomic E-state index is -0.375. The number of aromatic amines is 1. The summed E-state index contributed by atoms with van der Waals surface area (Å²) in [6.45, 7) is 0. The van der Waals surface area contributed by atoms with E-state index in [1.807, 2.05) is 60.7 Å². The highest BCUT2D eigenvalue weighted by molar-refractivity contribution is 6.06. The van der Waals surface area contributed by atoms with Gasteiger partial charge in [0.15, 0.2) is 5.82 Å². The van der Waals surface area contributed by atoms with Crippen LogP contribution in [-0.4, -0.2) is 21.1 Å². The number of amides is 1. The molecule has 0 unspecified atom stereocenters. The molecule has 0 saturated carbocycles. The maximum Gasteiger partial charge on any atom is 0.265 e. The molecule has 0 fully saturated rings. The van der Waals surface area contributed by atoms with Crippen molar-refractivity contribution in [2.45, 2.75) is 0 Å². The van der Waals surface area contributed by atoms with Gasteiger partial charge >= 0.3 is 0 Å². The van der Waals surface area contributed by atoms with Gasteiger partial charge in [-0.05, 0) is 54.1 Å². The lowest BCUT2D eigenvalue weighted by Crippen LogP contribution is -2.29. The fraction of sp³-hybridized carbons (Fsp3) is 0. The normalized spacial score (nSPS) is 10.8. The molecule has 5 aromatic rings. The first-order valence-corrected chi connectivity index (χ1v) is 10.2. The van der Waals surface area contributed by atoms with Crippen LogP contribution < -0.4 is 21.7 Å². The second kappa shape index (κ2) is 8.45. The average molecular weight is 436 g/mol. The Labute approximate surface area is 189 Å². The molecule has 0 bridgehead atoms. The number of benzene rings is 3. The first-order valence-electron chi connectivity index (χ1n) is 10.2. The van der Waals surface area contributed by atoms with Crippen molar-refractivity contribution in [1.82, 2.24) is 20.6 Å². The van der Waals surface area contributed by atoms with Crippen molar-refractivity contribution in [2.24, 2.45) is 5.84 Å². The Morgan fingerprint density at radius 1 is 0.909 bits per heavy atom. The first-order chi connectivity index (χ1) is 16.1. The van der Waals surface area contributed by atoms with Crippen molar-refractivity contribution in [3.05, 3.63) is 90.6 Å². The molecule has 0 saturated heterocycles. The van der Waals surface area contributed by atoms with E-state index in [4.69, 9.17) is 16.3 Å². The van der Waals surface area contributed by atoms with Crippen LogP contribution in [0.3, 0.4) is 0 Å². The molecule has 2 aromatic heterocycles. The van der Waals surface area contributed by atoms with E-state index >= 15 is 0 Å². The second-order valence-electron chi connectivity index (χ2n) is 7.37. The first kappa shape index (κ1) is 20.2. The van der Waals surface area contributed by atoms with Crippen LogP contribution in [-0.2, 0) is 0 Å². The molecular formula is C25H20N6O2. The highest BCUT2D eigenvalue weighted by Crippen LogP contribution is 2.36. The number of para-hydroxylation sites is 1. The second-order valence-corrected chi connectivity index (χ2v) is 7.37. The summed E-state index contributed by atoms with van der Waals surface area (Å²) in [5, 5.41) is 7.92. The van der Waals surface area contributed by atoms with Gasteiger partial charge in [-0.15, -0.1) is 0 Å². The van der Waals surface area contributed by atoms with E-state index < -0.39 is 0 Å². The highest BCUT2D eigenvalue weighted by atomic mass is 16.5. The van der Waals surface area contributed by atoms with Crippen molar-refractivity contribution in [2.75, 3.05) is 5.73 Å². The Bertz CT molecular complexity index is 1450. The van der Waals surface area contributed by atoms with Gasteiger partial charge in [0.25, 0.3) is 5.91 Å². The summed E-state index contributed by atoms with van der Waals surface area (Å²) < 4.78 is 5.88. The maximum absolute atomic E-state index is 11.9. The molecule has 0 aliphatic rings. The maximum atomic E-state index is 11.9. The van der Waals surface area contributed by atoms with E-state index in [-0.39, 0.29) is 5.91 Å². The lowest BCUT2D eigenvalue weighted by Gasteiger charge is -2.10. The fourth-order valence-corrected chi connectivity index (χ4v) is 3.70. The third-order valence-electron chi connectivity index (χ3n) is 5.30. The molecule has 0 aliphatic carbocycles. The number of carbonyl (C=O) groups is 1. The molecule has 1 amide bonds. The summed E-state index contributed by atoms with van der Waals surface area (Å²) in [4.78, 5) is 16.6. The van der Waals surface area contributed by atoms with Crippen molar-refractivity contribution in [3.63, 3.8) is 0 Å². The summed E-state index contributed by atoms with van der Waals surface area (Å²) in [5.74, 6) is 6.72. The van der Waals surface area contributed by atoms with E-state index in [0.29, 0.717) is 28.2 Å². The third kappa shape index (κ3) is 3.86. The summed E-state index contributed by atoms with van der Waals surface area (Å²) in [6.07, 6.45) is 1.74. The zero-order chi connectivity index (χ0) is 22.8. The van der Waals surface area contributed by atoms with Gasteiger partial charge in [-0.1, -0.05) is 30.3 Å². The molecule has 0 aliphatic heterocycles. The molecule has 2 heterocycles. The molecule has 8 nitrogen and oxygen atoms in total. The monoisotopic (exact) mass is 436 g/mol. The lowest BCUT2D eigenvalue weighted by molar-refractivity contribution is 0.0953. The van der Waals surface area contributed by atoms with Gasteiger partial charge < -0.3 is 10.5 Å². The minimum Gasteiger partial charge on any atom is -0.457 e. The number of anilines is 1. The number of nitrogen functional groups attached to an aromatic ring is 2. The van der Waals surface area contributed by atoms with E-state index in [1.165, 1.54) is 0 Å². The fourth-order valence-electron chi connectivity index (χ4n) is 3.70. The number of rotatable bonds is 5. The molecule has 6 N–H and O–H groups in total. The quantitative estimate of drug-likeness (QED) is 0.185. The summed E-state index contributed by atoms with van der Waals surface area (Å²) in [7, 11) is 0. The zero-order valence-corrected chi connectivity index (χ0v) is 17.4. The molecule has 0 radical (unpaired) electrons. The van der Waals surface area contributed by atoms with Crippen molar-refractivity contribution >= 4 is 22.6 Å². The molecule has 3 aromatic carbocycles. The van der Waals surface area contributed by atoms with Gasteiger partial charge in [-0.2, -0.15) is 5.10 Å². The highest BCUT2D eigenvalue weighted by Gasteiger charge is 2.17. The van der Waals surface area contributed by atoms with Crippen LogP contribution in [0.1, 0.15) is 10.4 Å². The van der Waals surface area contributed by atoms with E-state index in [0.717, 1.165) is 28.0 Å². The van der Waals surface area contributed by atoms with E-state index in [2.05, 4.69) is 20.6 Å². The lowest BCUT2D eigenvalue weighted by atomic mass is 10.00. The van der Waals surface area contributed by atoms with Gasteiger partial charge in [0.2, 0.25) is 0 Å². The Hall–Kier alpha value is -4.69. The number of hydrogen-bond acceptors (Lipinski definition) is 6. The molecular weight excluding hydrogens is 416 g/mol. The minimum absolute atomic E-state index is 0.342. The number of nitrogens with zero attached hydrogens (tertiary/aromatic N) is 2. The number of pyridine rings is 1. The van der Waals surface area contributed by atoms with Crippen LogP contribution >= 0.6 is 0 Å². The summed E-state index contributed by atoms with van der Waals surface area (Å²) in [6, 6.07) is 24.3. The van der Waals surface area contributed by atoms with Crippen LogP contribution in [0.25, 0.3) is 33.3 Å². The van der Waals surface area contributed by atoms with Crippen molar-refractivity contribution in [1.29, 1.82) is 0 Å². The number of hydrogen-bond donors (Lipinski definition) is 4. The number of carbonyl (C=O) groups excluding carboxylic acids is 1. The Morgan fingerprint density at radius 3 is 2.42 bits per heavy atom. The average Bonchev–Trinajstić information content (AvgIpc) is 3.26. The molecule has 0 atom stereocenters. The number of ether oxygens (including phenoxy) is 1. The molecule has 5 rings (SSSR count). The smallest absolute Gasteiger partial charge is 0.265 e. The van der Waals surface area contributed by atoms with Gasteiger partial charge in [0.1, 0.15) is 11.5 Å². The molecule has 162 valence electrons. The van der Waals surface area contributed by atoms with Crippen molar-refractivity contribution < 1.29 is 9.53 Å². The SMILES string of the molecule is NNC(=O)c1cccc(-c2cnc(-c3ccc(Oc4ccccc4)cc3)c3c(N)n[nH]c23)c1. The number of aromatic nitrogens is 3. The predicted molar refractivity (Wildman–Crippen MR) is 127 cm³/mol. The van der Waals surface area contributed by atoms with Crippen LogP contribution in [0, 0.1) is 0 Å². The molecule has 8 heteroatoms. The van der Waals surface area contributed by atoms with Crippen LogP contribution in [0.2, 0.25) is 0 Å². The number of hydrazine groups is 1. The largest absolute Gasteiger partial charge is 0.457 e. The standard InChI is InChI=1S/C25H20N6O2/c26-24-21-22(15-9-11-19(12-10-15)33-18-7-2-1-3-8-18)28-14-20(23(21)30-31-24)16-5-4-6-17(13-16)25(32)29-27/h1-14H,27H2,(H,29,32)(H3,26,30,31). The zero-order valence-electron chi connectivity index (χ0n) is 17.4. The molecule has 33 heavy (non-hydrogen) atoms. The topological polar surface area (TPSA) is 132 Å². The van der Waals surface area contributed by atoms with Gasteiger partial charge in [0.05, 0.1) is 16.6 Å². The number of fused-ring (bicyclic) bond motifs is 1. The summed E-state index contributed by atoms with van der Waals surface area (Å²) >= 11 is 0. The Kier molecular flexibility index (Phi) is 5.18. The Balaban J connectivity index is 1.54.